The molecule has 0 radical (unpaired) electrons. The molecule has 1 heterocycles. The molecular weight excluding hydrogens is 286 g/mol. The molecule has 128 valence electrons. The fourth-order valence-electron chi connectivity index (χ4n) is 3.57. The maximum absolute atomic E-state index is 12.9. The van der Waals surface area contributed by atoms with Gasteiger partial charge in [0.2, 0.25) is 5.91 Å². The van der Waals surface area contributed by atoms with E-state index in [-0.39, 0.29) is 5.91 Å². The van der Waals surface area contributed by atoms with Crippen LogP contribution in [-0.2, 0) is 11.3 Å². The average Bonchev–Trinajstić information content (AvgIpc) is 3.11. The van der Waals surface area contributed by atoms with Crippen LogP contribution in [0.3, 0.4) is 0 Å². The van der Waals surface area contributed by atoms with Crippen molar-refractivity contribution >= 4 is 11.6 Å². The topological polar surface area (TPSA) is 49.6 Å². The van der Waals surface area contributed by atoms with E-state index in [1.54, 1.807) is 0 Å². The number of benzene rings is 1. The summed E-state index contributed by atoms with van der Waals surface area (Å²) in [6, 6.07) is 8.46. The Morgan fingerprint density at radius 1 is 1.22 bits per heavy atom. The lowest BCUT2D eigenvalue weighted by molar-refractivity contribution is -0.141. The van der Waals surface area contributed by atoms with Gasteiger partial charge in [-0.2, -0.15) is 0 Å². The lowest BCUT2D eigenvalue weighted by Gasteiger charge is -2.34. The summed E-state index contributed by atoms with van der Waals surface area (Å²) in [4.78, 5) is 17.2. The molecule has 23 heavy (non-hydrogen) atoms. The third-order valence-electron chi connectivity index (χ3n) is 5.39. The molecule has 1 amide bonds. The molecule has 1 saturated heterocycles. The Hall–Kier alpha value is -1.55. The highest BCUT2D eigenvalue weighted by atomic mass is 16.2. The number of nitrogens with zero attached hydrogens (tertiary/aromatic N) is 2. The van der Waals surface area contributed by atoms with E-state index >= 15 is 0 Å². The molecule has 0 spiro atoms. The molecule has 1 aliphatic heterocycles. The van der Waals surface area contributed by atoms with Crippen LogP contribution in [-0.4, -0.2) is 37.5 Å². The van der Waals surface area contributed by atoms with Crippen LogP contribution < -0.4 is 10.6 Å². The van der Waals surface area contributed by atoms with Crippen LogP contribution in [0, 0.1) is 5.41 Å². The number of hydrogen-bond acceptors (Lipinski definition) is 3. The summed E-state index contributed by atoms with van der Waals surface area (Å²) in [6.07, 6.45) is 4.09. The summed E-state index contributed by atoms with van der Waals surface area (Å²) in [5.74, 6) is 0.168. The van der Waals surface area contributed by atoms with Crippen molar-refractivity contribution in [1.82, 2.24) is 4.90 Å². The summed E-state index contributed by atoms with van der Waals surface area (Å²) in [5.41, 5.74) is 8.01. The second kappa shape index (κ2) is 7.82. The minimum atomic E-state index is -0.419. The second-order valence-corrected chi connectivity index (χ2v) is 6.68. The molecule has 0 bridgehead atoms. The molecule has 0 atom stereocenters. The monoisotopic (exact) mass is 317 g/mol. The molecule has 1 aliphatic rings. The molecule has 0 aliphatic carbocycles. The second-order valence-electron chi connectivity index (χ2n) is 6.68. The molecule has 0 unspecified atom stereocenters. The van der Waals surface area contributed by atoms with E-state index in [2.05, 4.69) is 43.0 Å². The van der Waals surface area contributed by atoms with Gasteiger partial charge < -0.3 is 15.5 Å². The average molecular weight is 317 g/mol. The van der Waals surface area contributed by atoms with Gasteiger partial charge in [-0.05, 0) is 37.3 Å². The number of rotatable bonds is 7. The highest BCUT2D eigenvalue weighted by Crippen LogP contribution is 2.30. The van der Waals surface area contributed by atoms with Crippen LogP contribution in [0.15, 0.2) is 24.3 Å². The van der Waals surface area contributed by atoms with Gasteiger partial charge in [-0.15, -0.1) is 0 Å². The van der Waals surface area contributed by atoms with Crippen molar-refractivity contribution in [3.05, 3.63) is 29.8 Å². The summed E-state index contributed by atoms with van der Waals surface area (Å²) in [7, 11) is 1.90. The zero-order valence-corrected chi connectivity index (χ0v) is 14.8. The summed E-state index contributed by atoms with van der Waals surface area (Å²) < 4.78 is 0. The highest BCUT2D eigenvalue weighted by Gasteiger charge is 2.35. The summed E-state index contributed by atoms with van der Waals surface area (Å²) in [6.45, 7) is 7.40. The van der Waals surface area contributed by atoms with Gasteiger partial charge in [-0.1, -0.05) is 32.0 Å². The number of carbonyl (C=O) groups is 1. The van der Waals surface area contributed by atoms with Crippen LogP contribution in [0.2, 0.25) is 0 Å². The van der Waals surface area contributed by atoms with Crippen molar-refractivity contribution < 1.29 is 4.79 Å². The molecule has 1 fully saturated rings. The quantitative estimate of drug-likeness (QED) is 0.841. The Kier molecular flexibility index (Phi) is 6.05. The van der Waals surface area contributed by atoms with Gasteiger partial charge in [-0.3, -0.25) is 4.79 Å². The van der Waals surface area contributed by atoms with E-state index in [0.717, 1.165) is 25.9 Å². The zero-order chi connectivity index (χ0) is 16.9. The molecule has 4 heteroatoms. The molecule has 0 aromatic heterocycles. The first-order chi connectivity index (χ1) is 11.1. The van der Waals surface area contributed by atoms with Gasteiger partial charge in [0.05, 0.1) is 5.41 Å². The smallest absolute Gasteiger partial charge is 0.230 e. The number of hydrogen-bond donors (Lipinski definition) is 1. The standard InChI is InChI=1S/C19H31N3O/c1-4-19(5-2,15-20)18(23)21(3)14-16-10-6-7-11-17(16)22-12-8-9-13-22/h6-7,10-11H,4-5,8-9,12-15,20H2,1-3H3. The fourth-order valence-corrected chi connectivity index (χ4v) is 3.57. The van der Waals surface area contributed by atoms with E-state index in [1.165, 1.54) is 24.1 Å². The number of anilines is 1. The summed E-state index contributed by atoms with van der Waals surface area (Å²) in [5, 5.41) is 0. The van der Waals surface area contributed by atoms with Crippen LogP contribution in [0.5, 0.6) is 0 Å². The lowest BCUT2D eigenvalue weighted by Crippen LogP contribution is -2.45. The largest absolute Gasteiger partial charge is 0.371 e. The molecule has 1 aromatic rings. The van der Waals surface area contributed by atoms with Gasteiger partial charge in [-0.25, -0.2) is 0 Å². The van der Waals surface area contributed by atoms with Gasteiger partial charge in [0.25, 0.3) is 0 Å². The predicted octanol–water partition coefficient (Wildman–Crippen LogP) is 3.01. The van der Waals surface area contributed by atoms with E-state index < -0.39 is 5.41 Å². The first kappa shape index (κ1) is 17.8. The number of carbonyl (C=O) groups excluding carboxylic acids is 1. The van der Waals surface area contributed by atoms with Crippen molar-refractivity contribution in [3.63, 3.8) is 0 Å². The van der Waals surface area contributed by atoms with Crippen LogP contribution in [0.25, 0.3) is 0 Å². The van der Waals surface area contributed by atoms with Crippen molar-refractivity contribution in [2.24, 2.45) is 11.1 Å². The molecular formula is C19H31N3O. The first-order valence-electron chi connectivity index (χ1n) is 8.86. The highest BCUT2D eigenvalue weighted by molar-refractivity contribution is 5.83. The van der Waals surface area contributed by atoms with Gasteiger partial charge in [0, 0.05) is 38.9 Å². The fraction of sp³-hybridized carbons (Fsp3) is 0.632. The van der Waals surface area contributed by atoms with Gasteiger partial charge in [0.1, 0.15) is 0 Å². The Morgan fingerprint density at radius 3 is 2.39 bits per heavy atom. The molecule has 1 aromatic carbocycles. The third kappa shape index (κ3) is 3.69. The molecule has 4 nitrogen and oxygen atoms in total. The normalized spacial score (nSPS) is 15.0. The minimum absolute atomic E-state index is 0.168. The number of para-hydroxylation sites is 1. The summed E-state index contributed by atoms with van der Waals surface area (Å²) >= 11 is 0. The first-order valence-corrected chi connectivity index (χ1v) is 8.86. The minimum Gasteiger partial charge on any atom is -0.371 e. The Bertz CT molecular complexity index is 511. The zero-order valence-electron chi connectivity index (χ0n) is 14.8. The van der Waals surface area contributed by atoms with Gasteiger partial charge in [0.15, 0.2) is 0 Å². The van der Waals surface area contributed by atoms with Crippen LogP contribution in [0.1, 0.15) is 45.1 Å². The Balaban J connectivity index is 2.17. The molecule has 2 N–H and O–H groups in total. The van der Waals surface area contributed by atoms with Crippen molar-refractivity contribution in [3.8, 4) is 0 Å². The Labute approximate surface area is 140 Å². The third-order valence-corrected chi connectivity index (χ3v) is 5.39. The van der Waals surface area contributed by atoms with Crippen molar-refractivity contribution in [2.75, 3.05) is 31.6 Å². The Morgan fingerprint density at radius 2 is 1.83 bits per heavy atom. The SMILES string of the molecule is CCC(CC)(CN)C(=O)N(C)Cc1ccccc1N1CCCC1. The van der Waals surface area contributed by atoms with Crippen LogP contribution in [0.4, 0.5) is 5.69 Å². The van der Waals surface area contributed by atoms with Crippen molar-refractivity contribution in [1.29, 1.82) is 0 Å². The van der Waals surface area contributed by atoms with E-state index in [1.807, 2.05) is 11.9 Å². The maximum Gasteiger partial charge on any atom is 0.230 e. The van der Waals surface area contributed by atoms with E-state index in [0.29, 0.717) is 13.1 Å². The predicted molar refractivity (Wildman–Crippen MR) is 96.4 cm³/mol. The number of nitrogens with two attached hydrogens (primary N) is 1. The van der Waals surface area contributed by atoms with E-state index in [4.69, 9.17) is 5.73 Å². The van der Waals surface area contributed by atoms with E-state index in [9.17, 15) is 4.79 Å². The molecule has 2 rings (SSSR count). The maximum atomic E-state index is 12.9. The van der Waals surface area contributed by atoms with Gasteiger partial charge >= 0.3 is 0 Å². The molecule has 0 saturated carbocycles. The van der Waals surface area contributed by atoms with Crippen molar-refractivity contribution in [2.45, 2.75) is 46.1 Å². The lowest BCUT2D eigenvalue weighted by atomic mass is 9.81. The van der Waals surface area contributed by atoms with Crippen LogP contribution >= 0.6 is 0 Å². The number of amides is 1.